The maximum Gasteiger partial charge on any atom is 0.202 e. The number of fused-ring (bicyclic) bond motifs is 3. The second-order valence-corrected chi connectivity index (χ2v) is 12.7. The van der Waals surface area contributed by atoms with Gasteiger partial charge in [-0.3, -0.25) is 14.4 Å². The highest BCUT2D eigenvalue weighted by Crippen LogP contribution is 2.52. The van der Waals surface area contributed by atoms with Crippen LogP contribution in [-0.4, -0.2) is 103 Å². The van der Waals surface area contributed by atoms with Crippen LogP contribution in [0.2, 0.25) is 0 Å². The first-order chi connectivity index (χ1) is 22.1. The van der Waals surface area contributed by atoms with Crippen molar-refractivity contribution in [1.82, 2.24) is 0 Å². The molecule has 5 rings (SSSR count). The first-order valence-electron chi connectivity index (χ1n) is 15.5. The van der Waals surface area contributed by atoms with Crippen molar-refractivity contribution in [3.63, 3.8) is 0 Å². The van der Waals surface area contributed by atoms with E-state index >= 15 is 0 Å². The van der Waals surface area contributed by atoms with Crippen LogP contribution in [0.15, 0.2) is 18.2 Å². The Morgan fingerprint density at radius 3 is 2.40 bits per heavy atom. The molecular weight excluding hydrogens is 618 g/mol. The molecule has 2 aliphatic carbocycles. The number of nitrogens with two attached hydrogens (primary N) is 1. The summed E-state index contributed by atoms with van der Waals surface area (Å²) in [6, 6.07) is 3.17. The van der Waals surface area contributed by atoms with E-state index in [0.29, 0.717) is 0 Å². The van der Waals surface area contributed by atoms with Crippen LogP contribution in [0, 0.1) is 0 Å². The third-order valence-corrected chi connectivity index (χ3v) is 9.04. The van der Waals surface area contributed by atoms with Crippen LogP contribution in [0.3, 0.4) is 0 Å². The number of benzene rings is 2. The monoisotopic (exact) mass is 659 g/mol. The maximum atomic E-state index is 13.6. The lowest BCUT2D eigenvalue weighted by Crippen LogP contribution is -2.55. The number of aromatic hydroxyl groups is 3. The van der Waals surface area contributed by atoms with Gasteiger partial charge in [0.25, 0.3) is 0 Å². The standard InChI is InChI=1S/C33H41NO13/c1-13(36)8-22(44-14(2)12-35)47-32-15(3)45-23(9-19(32)34)46-21-11-33(43,16(4)37)10-18-25(21)31(42)27-26(29(18)40)28(39)17-6-5-7-20(38)24(17)30(27)41/h5-7,13-15,19,21-23,32,35-36,38,40,42-43H,8-12,34H2,1-4H3/t13-,14+,15-,19-,21+,22+,23+,32+,33+/m0/s1. The number of Topliss-reactive ketones (excluding diaryl/α,β-unsaturated/α-hetero) is 1. The molecule has 8 N–H and O–H groups in total. The zero-order valence-electron chi connectivity index (χ0n) is 26.5. The number of carbonyl (C=O) groups is 3. The van der Waals surface area contributed by atoms with Gasteiger partial charge in [0.05, 0.1) is 47.7 Å². The topological polar surface area (TPSA) is 236 Å². The maximum absolute atomic E-state index is 13.6. The summed E-state index contributed by atoms with van der Waals surface area (Å²) in [4.78, 5) is 39.8. The summed E-state index contributed by atoms with van der Waals surface area (Å²) in [5, 5.41) is 64.2. The number of carbonyl (C=O) groups excluding carboxylic acids is 3. The molecule has 1 saturated heterocycles. The fourth-order valence-corrected chi connectivity index (χ4v) is 6.60. The predicted molar refractivity (Wildman–Crippen MR) is 162 cm³/mol. The largest absolute Gasteiger partial charge is 0.507 e. The third kappa shape index (κ3) is 6.39. The van der Waals surface area contributed by atoms with E-state index in [-0.39, 0.29) is 41.7 Å². The number of ether oxygens (including phenoxy) is 4. The number of hydrogen-bond acceptors (Lipinski definition) is 14. The molecule has 0 unspecified atom stereocenters. The first-order valence-corrected chi connectivity index (χ1v) is 15.5. The highest BCUT2D eigenvalue weighted by molar-refractivity contribution is 6.31. The quantitative estimate of drug-likeness (QED) is 0.120. The van der Waals surface area contributed by atoms with Crippen molar-refractivity contribution in [3.8, 4) is 17.2 Å². The zero-order valence-corrected chi connectivity index (χ0v) is 26.5. The molecule has 0 aromatic heterocycles. The van der Waals surface area contributed by atoms with Gasteiger partial charge >= 0.3 is 0 Å². The SMILES string of the molecule is CC(=O)[C@@]1(O)Cc2c(O)c3c(c(O)c2[C@H](O[C@@H]2C[C@H](N)[C@H](O[C@H](C[C@H](C)O)O[C@H](C)CO)[C@H](C)O2)C1)C(=O)c1c(O)cccc1C3=O. The van der Waals surface area contributed by atoms with Gasteiger partial charge in [0.2, 0.25) is 5.78 Å². The normalized spacial score (nSPS) is 29.0. The van der Waals surface area contributed by atoms with Gasteiger partial charge in [-0.05, 0) is 33.8 Å². The van der Waals surface area contributed by atoms with Crippen molar-refractivity contribution in [2.45, 2.75) is 108 Å². The van der Waals surface area contributed by atoms with Crippen molar-refractivity contribution >= 4 is 17.3 Å². The minimum atomic E-state index is -2.07. The van der Waals surface area contributed by atoms with Crippen LogP contribution >= 0.6 is 0 Å². The molecule has 1 fully saturated rings. The van der Waals surface area contributed by atoms with Crippen molar-refractivity contribution in [1.29, 1.82) is 0 Å². The Morgan fingerprint density at radius 2 is 1.79 bits per heavy atom. The number of ketones is 3. The summed E-state index contributed by atoms with van der Waals surface area (Å²) >= 11 is 0. The molecule has 1 aliphatic heterocycles. The van der Waals surface area contributed by atoms with Crippen molar-refractivity contribution in [2.24, 2.45) is 5.73 Å². The van der Waals surface area contributed by atoms with Crippen molar-refractivity contribution in [2.75, 3.05) is 6.61 Å². The second kappa shape index (κ2) is 13.2. The molecule has 47 heavy (non-hydrogen) atoms. The van der Waals surface area contributed by atoms with Gasteiger partial charge < -0.3 is 55.3 Å². The number of hydrogen-bond donors (Lipinski definition) is 7. The van der Waals surface area contributed by atoms with Gasteiger partial charge in [-0.15, -0.1) is 0 Å². The van der Waals surface area contributed by atoms with Crippen LogP contribution in [-0.2, 0) is 30.2 Å². The summed E-state index contributed by atoms with van der Waals surface area (Å²) in [5.74, 6) is -4.26. The average molecular weight is 660 g/mol. The summed E-state index contributed by atoms with van der Waals surface area (Å²) < 4.78 is 24.1. The zero-order chi connectivity index (χ0) is 34.5. The molecule has 0 amide bonds. The Balaban J connectivity index is 1.48. The van der Waals surface area contributed by atoms with Gasteiger partial charge in [-0.25, -0.2) is 0 Å². The van der Waals surface area contributed by atoms with E-state index in [4.69, 9.17) is 24.7 Å². The van der Waals surface area contributed by atoms with Crippen LogP contribution in [0.5, 0.6) is 17.2 Å². The Kier molecular flexibility index (Phi) is 9.79. The fraction of sp³-hybridized carbons (Fsp3) is 0.545. The van der Waals surface area contributed by atoms with E-state index in [1.165, 1.54) is 18.2 Å². The Morgan fingerprint density at radius 1 is 1.11 bits per heavy atom. The molecule has 14 heteroatoms. The van der Waals surface area contributed by atoms with Crippen LogP contribution in [0.25, 0.3) is 0 Å². The van der Waals surface area contributed by atoms with E-state index < -0.39 is 113 Å². The number of phenolic OH excluding ortho intramolecular Hbond substituents is 3. The van der Waals surface area contributed by atoms with Crippen LogP contribution in [0.4, 0.5) is 0 Å². The van der Waals surface area contributed by atoms with Gasteiger partial charge in [0.1, 0.15) is 29.0 Å². The van der Waals surface area contributed by atoms with Crippen molar-refractivity contribution < 1.29 is 64.0 Å². The van der Waals surface area contributed by atoms with E-state index in [9.17, 15) is 45.0 Å². The minimum absolute atomic E-state index is 0.0205. The van der Waals surface area contributed by atoms with E-state index in [2.05, 4.69) is 0 Å². The molecular formula is C33H41NO13. The molecule has 9 atom stereocenters. The summed E-state index contributed by atoms with van der Waals surface area (Å²) in [6.07, 6.45) is -6.88. The number of phenols is 3. The molecule has 1 heterocycles. The molecule has 256 valence electrons. The fourth-order valence-electron chi connectivity index (χ4n) is 6.60. The molecule has 0 saturated carbocycles. The molecule has 0 spiro atoms. The summed E-state index contributed by atoms with van der Waals surface area (Å²) in [5.41, 5.74) is 2.60. The second-order valence-electron chi connectivity index (χ2n) is 12.7. The molecule has 3 aliphatic rings. The number of aliphatic hydroxyl groups is 3. The van der Waals surface area contributed by atoms with Crippen LogP contribution in [0.1, 0.15) is 96.0 Å². The van der Waals surface area contributed by atoms with Gasteiger partial charge in [-0.2, -0.15) is 0 Å². The molecule has 0 bridgehead atoms. The smallest absolute Gasteiger partial charge is 0.202 e. The number of rotatable bonds is 10. The highest BCUT2D eigenvalue weighted by Gasteiger charge is 2.49. The minimum Gasteiger partial charge on any atom is -0.507 e. The van der Waals surface area contributed by atoms with Crippen LogP contribution < -0.4 is 5.73 Å². The number of aliphatic hydroxyl groups excluding tert-OH is 2. The van der Waals surface area contributed by atoms with Crippen molar-refractivity contribution in [3.05, 3.63) is 51.6 Å². The highest BCUT2D eigenvalue weighted by atomic mass is 16.7. The summed E-state index contributed by atoms with van der Waals surface area (Å²) in [7, 11) is 0. The van der Waals surface area contributed by atoms with Gasteiger partial charge in [-0.1, -0.05) is 12.1 Å². The molecule has 2 aromatic carbocycles. The van der Waals surface area contributed by atoms with E-state index in [1.54, 1.807) is 20.8 Å². The lowest BCUT2D eigenvalue weighted by atomic mass is 9.72. The average Bonchev–Trinajstić information content (AvgIpc) is 2.98. The lowest BCUT2D eigenvalue weighted by Gasteiger charge is -2.43. The Labute approximate surface area is 270 Å². The third-order valence-electron chi connectivity index (χ3n) is 9.04. The lowest BCUT2D eigenvalue weighted by molar-refractivity contribution is -0.285. The molecule has 14 nitrogen and oxygen atoms in total. The van der Waals surface area contributed by atoms with Gasteiger partial charge in [0.15, 0.2) is 24.1 Å². The Bertz CT molecular complexity index is 1560. The van der Waals surface area contributed by atoms with Gasteiger partial charge in [0, 0.05) is 48.4 Å². The first kappa shape index (κ1) is 34.9. The summed E-state index contributed by atoms with van der Waals surface area (Å²) in [6.45, 7) is 5.76. The molecule has 2 aromatic rings. The van der Waals surface area contributed by atoms with E-state index in [1.807, 2.05) is 0 Å². The van der Waals surface area contributed by atoms with E-state index in [0.717, 1.165) is 6.92 Å². The molecule has 0 radical (unpaired) electrons. The Hall–Kier alpha value is -3.47. The predicted octanol–water partition coefficient (Wildman–Crippen LogP) is 1.24.